The molecule has 0 radical (unpaired) electrons. The zero-order valence-corrected chi connectivity index (χ0v) is 28.6. The minimum Gasteiger partial charge on any atom is -0.461 e. The Kier molecular flexibility index (Phi) is 31.4. The number of hydrogen-bond donors (Lipinski definition) is 0. The summed E-state index contributed by atoms with van der Waals surface area (Å²) in [5, 5.41) is 0. The van der Waals surface area contributed by atoms with E-state index in [0.717, 1.165) is 44.9 Å². The van der Waals surface area contributed by atoms with E-state index in [1.165, 1.54) is 51.4 Å². The Hall–Kier alpha value is -3.15. The summed E-state index contributed by atoms with van der Waals surface area (Å²) in [6.45, 7) is 6.16. The van der Waals surface area contributed by atoms with Crippen LogP contribution in [-0.4, -0.2) is 37.2 Å². The van der Waals surface area contributed by atoms with Crippen molar-refractivity contribution < 1.29 is 28.6 Å². The highest BCUT2D eigenvalue weighted by Gasteiger charge is 2.18. The molecular formula is C39H62O6. The van der Waals surface area contributed by atoms with Gasteiger partial charge in [0.1, 0.15) is 13.2 Å². The molecule has 0 heterocycles. The van der Waals surface area contributed by atoms with Crippen LogP contribution in [0.3, 0.4) is 0 Å². The van der Waals surface area contributed by atoms with Crippen LogP contribution in [0, 0.1) is 0 Å². The van der Waals surface area contributed by atoms with Crippen LogP contribution in [0.15, 0.2) is 72.9 Å². The molecule has 0 aliphatic rings. The Bertz CT molecular complexity index is 908. The van der Waals surface area contributed by atoms with Crippen LogP contribution in [0.2, 0.25) is 0 Å². The van der Waals surface area contributed by atoms with Gasteiger partial charge in [-0.1, -0.05) is 139 Å². The van der Waals surface area contributed by atoms with Crippen molar-refractivity contribution in [3.05, 3.63) is 72.9 Å². The molecule has 0 aromatic rings. The first-order valence-electron chi connectivity index (χ1n) is 17.4. The van der Waals surface area contributed by atoms with E-state index in [9.17, 15) is 14.4 Å². The minimum absolute atomic E-state index is 0.0910. The second kappa shape index (κ2) is 33.7. The van der Waals surface area contributed by atoms with Crippen molar-refractivity contribution in [3.8, 4) is 0 Å². The Morgan fingerprint density at radius 1 is 0.467 bits per heavy atom. The predicted octanol–water partition coefficient (Wildman–Crippen LogP) is 10.4. The number of rotatable bonds is 29. The molecule has 0 N–H and O–H groups in total. The van der Waals surface area contributed by atoms with Gasteiger partial charge in [0, 0.05) is 0 Å². The van der Waals surface area contributed by atoms with E-state index in [1.54, 1.807) is 12.2 Å². The average molecular weight is 627 g/mol. The van der Waals surface area contributed by atoms with Crippen LogP contribution >= 0.6 is 0 Å². The number of unbranched alkanes of at least 4 members (excludes halogenated alkanes) is 9. The summed E-state index contributed by atoms with van der Waals surface area (Å²) in [5.41, 5.74) is 0. The molecule has 0 aliphatic carbocycles. The zero-order chi connectivity index (χ0) is 33.1. The Morgan fingerprint density at radius 2 is 0.867 bits per heavy atom. The fourth-order valence-corrected chi connectivity index (χ4v) is 4.15. The van der Waals surface area contributed by atoms with Crippen molar-refractivity contribution in [2.24, 2.45) is 0 Å². The van der Waals surface area contributed by atoms with Crippen molar-refractivity contribution in [3.63, 3.8) is 0 Å². The van der Waals surface area contributed by atoms with Gasteiger partial charge in [-0.05, 0) is 51.4 Å². The lowest BCUT2D eigenvalue weighted by atomic mass is 10.1. The topological polar surface area (TPSA) is 78.9 Å². The highest BCUT2D eigenvalue weighted by atomic mass is 16.6. The average Bonchev–Trinajstić information content (AvgIpc) is 3.03. The summed E-state index contributed by atoms with van der Waals surface area (Å²) in [5.74, 6) is -1.31. The zero-order valence-electron chi connectivity index (χ0n) is 28.6. The molecule has 1 atom stereocenters. The second-order valence-corrected chi connectivity index (χ2v) is 11.1. The fourth-order valence-electron chi connectivity index (χ4n) is 4.15. The maximum absolute atomic E-state index is 12.5. The number of allylic oxidation sites excluding steroid dienone is 9. The molecule has 6 nitrogen and oxygen atoms in total. The van der Waals surface area contributed by atoms with E-state index in [-0.39, 0.29) is 32.5 Å². The number of carbonyl (C=O) groups excluding carboxylic acids is 3. The second-order valence-electron chi connectivity index (χ2n) is 11.1. The third kappa shape index (κ3) is 32.1. The van der Waals surface area contributed by atoms with Gasteiger partial charge in [-0.3, -0.25) is 14.4 Å². The Labute approximate surface area is 274 Å². The summed E-state index contributed by atoms with van der Waals surface area (Å²) in [6.07, 6.45) is 39.8. The Balaban J connectivity index is 4.66. The first-order valence-corrected chi connectivity index (χ1v) is 17.4. The molecular weight excluding hydrogens is 564 g/mol. The van der Waals surface area contributed by atoms with Gasteiger partial charge in [-0.25, -0.2) is 0 Å². The fraction of sp³-hybridized carbons (Fsp3) is 0.615. The number of ether oxygens (including phenoxy) is 3. The highest BCUT2D eigenvalue weighted by Crippen LogP contribution is 2.08. The Morgan fingerprint density at radius 3 is 1.44 bits per heavy atom. The maximum Gasteiger partial charge on any atom is 0.310 e. The van der Waals surface area contributed by atoms with Gasteiger partial charge in [0.15, 0.2) is 6.10 Å². The minimum atomic E-state index is -0.868. The quantitative estimate of drug-likeness (QED) is 0.0356. The normalized spacial score (nSPS) is 12.9. The molecule has 0 aliphatic heterocycles. The van der Waals surface area contributed by atoms with Crippen molar-refractivity contribution in [1.82, 2.24) is 0 Å². The standard InChI is InChI=1S/C39H62O6/c1-4-7-10-13-16-19-22-25-28-31-37(40)43-34-36(45-39(42)33-30-27-24-21-18-15-12-9-6-3)35-44-38(41)32-29-26-23-20-17-14-11-8-5-2/h7,10,16,18-19,21,25-30,36H,4-6,8-9,11-15,17,20,22-24,31-35H2,1-3H3. The maximum atomic E-state index is 12.5. The lowest BCUT2D eigenvalue weighted by molar-refractivity contribution is -0.165. The first-order chi connectivity index (χ1) is 22.0. The van der Waals surface area contributed by atoms with Gasteiger partial charge >= 0.3 is 17.9 Å². The number of esters is 3. The molecule has 254 valence electrons. The van der Waals surface area contributed by atoms with Crippen LogP contribution in [-0.2, 0) is 28.6 Å². The molecule has 0 saturated heterocycles. The predicted molar refractivity (Wildman–Crippen MR) is 187 cm³/mol. The van der Waals surface area contributed by atoms with E-state index in [4.69, 9.17) is 14.2 Å². The molecule has 0 fully saturated rings. The largest absolute Gasteiger partial charge is 0.461 e. The summed E-state index contributed by atoms with van der Waals surface area (Å²) < 4.78 is 16.2. The third-order valence-corrected chi connectivity index (χ3v) is 6.76. The summed E-state index contributed by atoms with van der Waals surface area (Å²) >= 11 is 0. The van der Waals surface area contributed by atoms with Crippen molar-refractivity contribution in [1.29, 1.82) is 0 Å². The molecule has 0 aromatic heterocycles. The van der Waals surface area contributed by atoms with E-state index >= 15 is 0 Å². The van der Waals surface area contributed by atoms with E-state index in [1.807, 2.05) is 30.4 Å². The molecule has 0 saturated carbocycles. The van der Waals surface area contributed by atoms with E-state index in [2.05, 4.69) is 51.2 Å². The van der Waals surface area contributed by atoms with Crippen LogP contribution < -0.4 is 0 Å². The molecule has 0 rings (SSSR count). The SMILES string of the molecule is CCC=CCC=CCC=CCC(=O)OCC(COC(=O)CC=CCCCCCCCC)OC(=O)CC=CCC=CCCCCC. The molecule has 1 unspecified atom stereocenters. The van der Waals surface area contributed by atoms with E-state index in [0.29, 0.717) is 0 Å². The summed E-state index contributed by atoms with van der Waals surface area (Å²) in [6, 6.07) is 0. The van der Waals surface area contributed by atoms with Gasteiger partial charge in [0.05, 0.1) is 19.3 Å². The van der Waals surface area contributed by atoms with Gasteiger partial charge < -0.3 is 14.2 Å². The lowest BCUT2D eigenvalue weighted by Gasteiger charge is -2.17. The summed E-state index contributed by atoms with van der Waals surface area (Å²) in [7, 11) is 0. The van der Waals surface area contributed by atoms with Gasteiger partial charge in [-0.2, -0.15) is 0 Å². The molecule has 0 spiro atoms. The van der Waals surface area contributed by atoms with Crippen molar-refractivity contribution >= 4 is 17.9 Å². The highest BCUT2D eigenvalue weighted by molar-refractivity contribution is 5.73. The van der Waals surface area contributed by atoms with Crippen LogP contribution in [0.1, 0.15) is 136 Å². The van der Waals surface area contributed by atoms with Crippen LogP contribution in [0.5, 0.6) is 0 Å². The third-order valence-electron chi connectivity index (χ3n) is 6.76. The summed E-state index contributed by atoms with van der Waals surface area (Å²) in [4.78, 5) is 37.0. The van der Waals surface area contributed by atoms with Gasteiger partial charge in [0.2, 0.25) is 0 Å². The van der Waals surface area contributed by atoms with Crippen molar-refractivity contribution in [2.75, 3.05) is 13.2 Å². The van der Waals surface area contributed by atoms with Crippen LogP contribution in [0.4, 0.5) is 0 Å². The monoisotopic (exact) mass is 626 g/mol. The molecule has 0 bridgehead atoms. The van der Waals surface area contributed by atoms with Crippen molar-refractivity contribution in [2.45, 2.75) is 142 Å². The number of carbonyl (C=O) groups is 3. The molecule has 0 aromatic carbocycles. The smallest absolute Gasteiger partial charge is 0.310 e. The van der Waals surface area contributed by atoms with E-state index < -0.39 is 24.0 Å². The first kappa shape index (κ1) is 41.9. The number of hydrogen-bond acceptors (Lipinski definition) is 6. The van der Waals surface area contributed by atoms with Crippen LogP contribution in [0.25, 0.3) is 0 Å². The molecule has 6 heteroatoms. The lowest BCUT2D eigenvalue weighted by Crippen LogP contribution is -2.30. The van der Waals surface area contributed by atoms with Gasteiger partial charge in [0.25, 0.3) is 0 Å². The van der Waals surface area contributed by atoms with Gasteiger partial charge in [-0.15, -0.1) is 0 Å². The molecule has 0 amide bonds. The molecule has 45 heavy (non-hydrogen) atoms.